The molecule has 5 heteroatoms. The van der Waals surface area contributed by atoms with Crippen LogP contribution in [0.1, 0.15) is 32.1 Å². The van der Waals surface area contributed by atoms with E-state index in [2.05, 4.69) is 15.0 Å². The van der Waals surface area contributed by atoms with Gasteiger partial charge in [-0.25, -0.2) is 9.50 Å². The molecule has 1 saturated carbocycles. The van der Waals surface area contributed by atoms with Gasteiger partial charge in [0.15, 0.2) is 5.65 Å². The highest BCUT2D eigenvalue weighted by molar-refractivity contribution is 5.48. The van der Waals surface area contributed by atoms with Crippen LogP contribution in [-0.2, 0) is 0 Å². The van der Waals surface area contributed by atoms with Gasteiger partial charge in [-0.1, -0.05) is 19.3 Å². The Morgan fingerprint density at radius 1 is 1.26 bits per heavy atom. The number of fused-ring (bicyclic) bond motifs is 1. The van der Waals surface area contributed by atoms with Crippen molar-refractivity contribution in [2.24, 2.45) is 0 Å². The Labute approximate surface area is 112 Å². The van der Waals surface area contributed by atoms with Crippen LogP contribution < -0.4 is 4.90 Å². The van der Waals surface area contributed by atoms with Crippen LogP contribution in [0.15, 0.2) is 24.5 Å². The molecule has 0 radical (unpaired) electrons. The average Bonchev–Trinajstić information content (AvgIpc) is 2.93. The maximum absolute atomic E-state index is 9.31. The summed E-state index contributed by atoms with van der Waals surface area (Å²) in [6, 6.07) is 4.41. The molecule has 1 aliphatic rings. The molecule has 0 unspecified atom stereocenters. The summed E-state index contributed by atoms with van der Waals surface area (Å²) in [5.74, 6) is 0.953. The lowest BCUT2D eigenvalue weighted by atomic mass is 9.94. The third-order valence-electron chi connectivity index (χ3n) is 3.89. The monoisotopic (exact) mass is 260 g/mol. The van der Waals surface area contributed by atoms with Gasteiger partial charge in [0, 0.05) is 24.8 Å². The Bertz CT molecular complexity index is 533. The van der Waals surface area contributed by atoms with Gasteiger partial charge in [0.1, 0.15) is 5.82 Å². The molecule has 0 saturated heterocycles. The van der Waals surface area contributed by atoms with Crippen molar-refractivity contribution in [2.75, 3.05) is 18.1 Å². The molecule has 3 rings (SSSR count). The topological polar surface area (TPSA) is 53.7 Å². The van der Waals surface area contributed by atoms with Gasteiger partial charge >= 0.3 is 0 Å². The highest BCUT2D eigenvalue weighted by atomic mass is 16.3. The maximum Gasteiger partial charge on any atom is 0.157 e. The molecule has 1 aliphatic carbocycles. The van der Waals surface area contributed by atoms with Gasteiger partial charge < -0.3 is 10.0 Å². The fraction of sp³-hybridized carbons (Fsp3) is 0.571. The summed E-state index contributed by atoms with van der Waals surface area (Å²) >= 11 is 0. The van der Waals surface area contributed by atoms with Crippen molar-refractivity contribution in [3.05, 3.63) is 24.5 Å². The van der Waals surface area contributed by atoms with E-state index < -0.39 is 0 Å². The minimum absolute atomic E-state index is 0.169. The van der Waals surface area contributed by atoms with E-state index in [0.717, 1.165) is 11.5 Å². The van der Waals surface area contributed by atoms with E-state index in [-0.39, 0.29) is 6.61 Å². The second-order valence-corrected chi connectivity index (χ2v) is 5.13. The van der Waals surface area contributed by atoms with Crippen molar-refractivity contribution in [3.8, 4) is 0 Å². The van der Waals surface area contributed by atoms with Crippen molar-refractivity contribution < 1.29 is 5.11 Å². The number of hydrogen-bond acceptors (Lipinski definition) is 4. The van der Waals surface area contributed by atoms with E-state index in [4.69, 9.17) is 0 Å². The summed E-state index contributed by atoms with van der Waals surface area (Å²) in [5, 5.41) is 13.5. The van der Waals surface area contributed by atoms with E-state index in [0.29, 0.717) is 12.6 Å². The van der Waals surface area contributed by atoms with Gasteiger partial charge in [-0.2, -0.15) is 5.10 Å². The van der Waals surface area contributed by atoms with Crippen LogP contribution in [0.25, 0.3) is 5.65 Å². The number of aliphatic hydroxyl groups excluding tert-OH is 1. The first-order valence-electron chi connectivity index (χ1n) is 7.06. The number of rotatable bonds is 4. The quantitative estimate of drug-likeness (QED) is 0.911. The molecule has 102 valence electrons. The number of anilines is 1. The molecule has 0 aliphatic heterocycles. The van der Waals surface area contributed by atoms with E-state index in [1.165, 1.54) is 32.1 Å². The summed E-state index contributed by atoms with van der Waals surface area (Å²) in [7, 11) is 0. The number of hydrogen-bond donors (Lipinski definition) is 1. The third-order valence-corrected chi connectivity index (χ3v) is 3.89. The fourth-order valence-corrected chi connectivity index (χ4v) is 2.95. The van der Waals surface area contributed by atoms with Crippen molar-refractivity contribution >= 4 is 11.5 Å². The van der Waals surface area contributed by atoms with Crippen LogP contribution in [0.5, 0.6) is 0 Å². The van der Waals surface area contributed by atoms with Gasteiger partial charge in [-0.15, -0.1) is 0 Å². The summed E-state index contributed by atoms with van der Waals surface area (Å²) in [4.78, 5) is 6.90. The highest BCUT2D eigenvalue weighted by Crippen LogP contribution is 2.26. The molecule has 0 bridgehead atoms. The summed E-state index contributed by atoms with van der Waals surface area (Å²) in [6.45, 7) is 0.824. The van der Waals surface area contributed by atoms with Crippen LogP contribution in [0, 0.1) is 0 Å². The first-order chi connectivity index (χ1) is 9.38. The Morgan fingerprint density at radius 3 is 2.89 bits per heavy atom. The average molecular weight is 260 g/mol. The van der Waals surface area contributed by atoms with Gasteiger partial charge in [-0.3, -0.25) is 0 Å². The normalized spacial score (nSPS) is 16.9. The predicted octanol–water partition coefficient (Wildman–Crippen LogP) is 1.86. The Balaban J connectivity index is 1.88. The lowest BCUT2D eigenvalue weighted by Gasteiger charge is -2.34. The largest absolute Gasteiger partial charge is 0.395 e. The van der Waals surface area contributed by atoms with Gasteiger partial charge in [0.05, 0.1) is 12.8 Å². The van der Waals surface area contributed by atoms with Crippen molar-refractivity contribution in [1.29, 1.82) is 0 Å². The molecule has 0 atom stereocenters. The number of nitrogens with zero attached hydrogens (tertiary/aromatic N) is 4. The third kappa shape index (κ3) is 2.56. The van der Waals surface area contributed by atoms with E-state index in [1.54, 1.807) is 10.7 Å². The fourth-order valence-electron chi connectivity index (χ4n) is 2.95. The molecule has 19 heavy (non-hydrogen) atoms. The molecular formula is C14H20N4O. The van der Waals surface area contributed by atoms with Gasteiger partial charge in [-0.05, 0) is 18.9 Å². The number of aromatic nitrogens is 3. The van der Waals surface area contributed by atoms with Crippen molar-refractivity contribution in [2.45, 2.75) is 38.1 Å². The first-order valence-corrected chi connectivity index (χ1v) is 7.06. The summed E-state index contributed by atoms with van der Waals surface area (Å²) in [6.07, 6.45) is 9.98. The zero-order valence-electron chi connectivity index (χ0n) is 11.1. The lowest BCUT2D eigenvalue weighted by molar-refractivity contribution is 0.289. The predicted molar refractivity (Wildman–Crippen MR) is 74.3 cm³/mol. The molecule has 2 heterocycles. The van der Waals surface area contributed by atoms with Crippen LogP contribution in [0.3, 0.4) is 0 Å². The molecule has 0 amide bonds. The molecule has 2 aromatic rings. The standard InChI is InChI=1S/C14H20N4O/c19-11-10-17(12-4-2-1-3-5-12)13-7-9-18-14(16-13)6-8-15-18/h6-9,12,19H,1-5,10-11H2. The smallest absolute Gasteiger partial charge is 0.157 e. The Hall–Kier alpha value is -1.62. The second-order valence-electron chi connectivity index (χ2n) is 5.13. The van der Waals surface area contributed by atoms with Gasteiger partial charge in [0.25, 0.3) is 0 Å². The minimum atomic E-state index is 0.169. The molecular weight excluding hydrogens is 240 g/mol. The van der Waals surface area contributed by atoms with Crippen molar-refractivity contribution in [1.82, 2.24) is 14.6 Å². The molecule has 1 N–H and O–H groups in total. The minimum Gasteiger partial charge on any atom is -0.395 e. The van der Waals surface area contributed by atoms with E-state index in [1.807, 2.05) is 18.3 Å². The first kappa shape index (κ1) is 12.4. The van der Waals surface area contributed by atoms with E-state index in [9.17, 15) is 5.11 Å². The van der Waals surface area contributed by atoms with Crippen LogP contribution in [0.4, 0.5) is 5.82 Å². The zero-order chi connectivity index (χ0) is 13.1. The Kier molecular flexibility index (Phi) is 3.64. The molecule has 5 nitrogen and oxygen atoms in total. The summed E-state index contributed by atoms with van der Waals surface area (Å²) in [5.41, 5.74) is 0.858. The van der Waals surface area contributed by atoms with Crippen LogP contribution >= 0.6 is 0 Å². The number of aliphatic hydroxyl groups is 1. The molecule has 0 spiro atoms. The summed E-state index contributed by atoms with van der Waals surface area (Å²) < 4.78 is 1.77. The van der Waals surface area contributed by atoms with Gasteiger partial charge in [0.2, 0.25) is 0 Å². The second kappa shape index (κ2) is 5.57. The Morgan fingerprint density at radius 2 is 2.11 bits per heavy atom. The van der Waals surface area contributed by atoms with Crippen molar-refractivity contribution in [3.63, 3.8) is 0 Å². The molecule has 2 aromatic heterocycles. The molecule has 0 aromatic carbocycles. The highest BCUT2D eigenvalue weighted by Gasteiger charge is 2.22. The SMILES string of the molecule is OCCN(c1ccn2nccc2n1)C1CCCCC1. The molecule has 1 fully saturated rings. The lowest BCUT2D eigenvalue weighted by Crippen LogP contribution is -2.39. The zero-order valence-corrected chi connectivity index (χ0v) is 11.1. The van der Waals surface area contributed by atoms with Crippen LogP contribution in [0.2, 0.25) is 0 Å². The van der Waals surface area contributed by atoms with Crippen LogP contribution in [-0.4, -0.2) is 38.9 Å². The maximum atomic E-state index is 9.31. The van der Waals surface area contributed by atoms with E-state index >= 15 is 0 Å².